The first-order chi connectivity index (χ1) is 26.6. The quantitative estimate of drug-likeness (QED) is 0.0369. The van der Waals surface area contributed by atoms with Crippen LogP contribution in [-0.4, -0.2) is 46.1 Å². The summed E-state index contributed by atoms with van der Waals surface area (Å²) in [6.45, 7) is 4.15. The Labute approximate surface area is 336 Å². The van der Waals surface area contributed by atoms with Crippen LogP contribution in [0, 0.1) is 0 Å². The van der Waals surface area contributed by atoms with Gasteiger partial charge in [-0.15, -0.1) is 0 Å². The Hall–Kier alpha value is -1.69. The van der Waals surface area contributed by atoms with E-state index in [2.05, 4.69) is 55.6 Å². The summed E-state index contributed by atoms with van der Waals surface area (Å²) < 4.78 is 0. The van der Waals surface area contributed by atoms with Gasteiger partial charge in [-0.2, -0.15) is 0 Å². The topological polar surface area (TPSA) is 89.8 Å². The molecular formula is C49H91NO4. The maximum Gasteiger partial charge on any atom is 0.249 e. The van der Waals surface area contributed by atoms with Crippen LogP contribution in [0.2, 0.25) is 0 Å². The van der Waals surface area contributed by atoms with Gasteiger partial charge in [-0.3, -0.25) is 4.79 Å². The Morgan fingerprint density at radius 3 is 1.24 bits per heavy atom. The van der Waals surface area contributed by atoms with Gasteiger partial charge in [0.25, 0.3) is 0 Å². The van der Waals surface area contributed by atoms with E-state index in [4.69, 9.17) is 0 Å². The maximum absolute atomic E-state index is 12.5. The van der Waals surface area contributed by atoms with E-state index in [1.165, 1.54) is 167 Å². The number of amides is 1. The van der Waals surface area contributed by atoms with Gasteiger partial charge in [0.2, 0.25) is 5.91 Å². The van der Waals surface area contributed by atoms with Crippen molar-refractivity contribution in [3.05, 3.63) is 48.6 Å². The third kappa shape index (κ3) is 38.6. The molecule has 0 fully saturated rings. The predicted molar refractivity (Wildman–Crippen MR) is 236 cm³/mol. The fraction of sp³-hybridized carbons (Fsp3) is 0.816. The van der Waals surface area contributed by atoms with Crippen molar-refractivity contribution in [1.29, 1.82) is 0 Å². The molecule has 3 unspecified atom stereocenters. The van der Waals surface area contributed by atoms with E-state index in [0.717, 1.165) is 44.9 Å². The van der Waals surface area contributed by atoms with Crippen molar-refractivity contribution in [3.63, 3.8) is 0 Å². The molecule has 5 heteroatoms. The molecule has 1 amide bonds. The molecule has 5 nitrogen and oxygen atoms in total. The van der Waals surface area contributed by atoms with Crippen molar-refractivity contribution < 1.29 is 20.1 Å². The minimum absolute atomic E-state index is 0.377. The summed E-state index contributed by atoms with van der Waals surface area (Å²) in [5.74, 6) is -0.516. The minimum atomic E-state index is -1.11. The number of aliphatic hydroxyl groups is 3. The van der Waals surface area contributed by atoms with Gasteiger partial charge < -0.3 is 20.6 Å². The van der Waals surface area contributed by atoms with Gasteiger partial charge in [-0.1, -0.05) is 217 Å². The average Bonchev–Trinajstić information content (AvgIpc) is 3.18. The van der Waals surface area contributed by atoms with E-state index in [0.29, 0.717) is 6.42 Å². The van der Waals surface area contributed by atoms with E-state index in [1.54, 1.807) is 6.08 Å². The second kappa shape index (κ2) is 44.0. The number of carbonyl (C=O) groups is 1. The molecule has 0 aliphatic heterocycles. The normalized spacial score (nSPS) is 13.9. The molecule has 3 atom stereocenters. The molecule has 0 saturated carbocycles. The highest BCUT2D eigenvalue weighted by Gasteiger charge is 2.22. The lowest BCUT2D eigenvalue weighted by molar-refractivity contribution is -0.131. The Kier molecular flexibility index (Phi) is 42.7. The van der Waals surface area contributed by atoms with Crippen molar-refractivity contribution in [1.82, 2.24) is 5.32 Å². The third-order valence-electron chi connectivity index (χ3n) is 10.6. The van der Waals surface area contributed by atoms with Gasteiger partial charge in [-0.25, -0.2) is 0 Å². The lowest BCUT2D eigenvalue weighted by atomic mass is 10.0. The molecule has 54 heavy (non-hydrogen) atoms. The molecule has 0 heterocycles. The van der Waals surface area contributed by atoms with Crippen LogP contribution in [0.4, 0.5) is 0 Å². The fourth-order valence-electron chi connectivity index (χ4n) is 6.94. The molecule has 0 aromatic carbocycles. The van der Waals surface area contributed by atoms with Gasteiger partial charge in [0.15, 0.2) is 0 Å². The summed E-state index contributed by atoms with van der Waals surface area (Å²) in [7, 11) is 0. The van der Waals surface area contributed by atoms with Crippen molar-refractivity contribution in [2.45, 2.75) is 250 Å². The first-order valence-electron chi connectivity index (χ1n) is 23.5. The largest absolute Gasteiger partial charge is 0.394 e. The summed E-state index contributed by atoms with van der Waals surface area (Å²) in [5, 5.41) is 33.1. The standard InChI is InChI=1S/C49H91NO4/c1-3-5-7-9-11-13-15-17-18-19-20-21-22-23-24-25-26-27-28-29-30-31-32-34-36-38-40-42-44-48(53)49(54)50-46(45-51)47(52)43-41-39-37-35-33-16-14-12-10-8-6-4-2/h20-21,23-24,33,35,41,43,46-48,51-53H,3-19,22,25-32,34,36-40,42,44-45H2,1-2H3,(H,50,54)/b21-20-,24-23-,35-33+,43-41+. The van der Waals surface area contributed by atoms with Crippen molar-refractivity contribution in [2.75, 3.05) is 6.61 Å². The van der Waals surface area contributed by atoms with Crippen molar-refractivity contribution >= 4 is 5.91 Å². The second-order valence-electron chi connectivity index (χ2n) is 16.0. The number of rotatable bonds is 42. The lowest BCUT2D eigenvalue weighted by Gasteiger charge is -2.21. The SMILES string of the molecule is CCCCCCCC/C=C/CC/C=C/C(O)C(CO)NC(=O)C(O)CCCCCCCCCCCCCC/C=C\C/C=C\CCCCCCCCCCC. The molecule has 316 valence electrons. The van der Waals surface area contributed by atoms with Gasteiger partial charge in [-0.05, 0) is 64.2 Å². The lowest BCUT2D eigenvalue weighted by Crippen LogP contribution is -2.48. The van der Waals surface area contributed by atoms with E-state index in [9.17, 15) is 20.1 Å². The summed E-state index contributed by atoms with van der Waals surface area (Å²) in [6, 6.07) is -0.815. The highest BCUT2D eigenvalue weighted by Crippen LogP contribution is 2.15. The summed E-state index contributed by atoms with van der Waals surface area (Å²) in [5.41, 5.74) is 0. The molecule has 0 aromatic rings. The van der Waals surface area contributed by atoms with Gasteiger partial charge in [0.1, 0.15) is 6.10 Å². The Balaban J connectivity index is 3.61. The molecule has 0 bridgehead atoms. The average molecular weight is 758 g/mol. The van der Waals surface area contributed by atoms with Crippen LogP contribution in [-0.2, 0) is 4.79 Å². The van der Waals surface area contributed by atoms with Crippen LogP contribution in [0.15, 0.2) is 48.6 Å². The molecule has 0 aromatic heterocycles. The first-order valence-corrected chi connectivity index (χ1v) is 23.5. The van der Waals surface area contributed by atoms with Crippen LogP contribution in [0.25, 0.3) is 0 Å². The van der Waals surface area contributed by atoms with Gasteiger partial charge in [0.05, 0.1) is 18.8 Å². The van der Waals surface area contributed by atoms with E-state index < -0.39 is 24.2 Å². The molecule has 0 aliphatic rings. The Morgan fingerprint density at radius 1 is 0.463 bits per heavy atom. The van der Waals surface area contributed by atoms with E-state index in [1.807, 2.05) is 6.08 Å². The summed E-state index contributed by atoms with van der Waals surface area (Å²) >= 11 is 0. The highest BCUT2D eigenvalue weighted by molar-refractivity contribution is 5.80. The number of hydrogen-bond acceptors (Lipinski definition) is 4. The number of unbranched alkanes of at least 4 members (excludes halogenated alkanes) is 28. The highest BCUT2D eigenvalue weighted by atomic mass is 16.3. The van der Waals surface area contributed by atoms with Gasteiger partial charge >= 0.3 is 0 Å². The number of nitrogens with one attached hydrogen (secondary N) is 1. The first kappa shape index (κ1) is 52.3. The van der Waals surface area contributed by atoms with Crippen LogP contribution in [0.1, 0.15) is 232 Å². The smallest absolute Gasteiger partial charge is 0.249 e. The fourth-order valence-corrected chi connectivity index (χ4v) is 6.94. The number of carbonyl (C=O) groups excluding carboxylic acids is 1. The van der Waals surface area contributed by atoms with Crippen LogP contribution >= 0.6 is 0 Å². The Bertz CT molecular complexity index is 881. The zero-order valence-corrected chi connectivity index (χ0v) is 35.8. The van der Waals surface area contributed by atoms with Gasteiger partial charge in [0, 0.05) is 0 Å². The molecule has 0 radical (unpaired) electrons. The second-order valence-corrected chi connectivity index (χ2v) is 16.0. The zero-order valence-electron chi connectivity index (χ0n) is 35.8. The Morgan fingerprint density at radius 2 is 0.815 bits per heavy atom. The predicted octanol–water partition coefficient (Wildman–Crippen LogP) is 13.7. The molecule has 0 aliphatic carbocycles. The van der Waals surface area contributed by atoms with E-state index >= 15 is 0 Å². The van der Waals surface area contributed by atoms with Crippen LogP contribution in [0.3, 0.4) is 0 Å². The number of aliphatic hydroxyl groups excluding tert-OH is 3. The molecule has 0 rings (SSSR count). The summed E-state index contributed by atoms with van der Waals surface area (Å²) in [6.07, 6.45) is 57.3. The number of hydrogen-bond donors (Lipinski definition) is 4. The monoisotopic (exact) mass is 758 g/mol. The molecular weight excluding hydrogens is 667 g/mol. The van der Waals surface area contributed by atoms with Crippen molar-refractivity contribution in [2.24, 2.45) is 0 Å². The molecule has 0 spiro atoms. The van der Waals surface area contributed by atoms with E-state index in [-0.39, 0.29) is 6.61 Å². The molecule has 4 N–H and O–H groups in total. The minimum Gasteiger partial charge on any atom is -0.394 e. The summed E-state index contributed by atoms with van der Waals surface area (Å²) in [4.78, 5) is 12.5. The van der Waals surface area contributed by atoms with Crippen molar-refractivity contribution in [3.8, 4) is 0 Å². The van der Waals surface area contributed by atoms with Crippen LogP contribution in [0.5, 0.6) is 0 Å². The zero-order chi connectivity index (χ0) is 39.4. The molecule has 0 saturated heterocycles. The maximum atomic E-state index is 12.5. The van der Waals surface area contributed by atoms with Crippen LogP contribution < -0.4 is 5.32 Å². The number of allylic oxidation sites excluding steroid dienone is 7. The third-order valence-corrected chi connectivity index (χ3v) is 10.6.